The topological polar surface area (TPSA) is 32.8 Å². The van der Waals surface area contributed by atoms with Crippen LogP contribution in [-0.4, -0.2) is 0 Å². The average molecular weight is 949 g/mol. The molecule has 14 aromatic rings. The molecule has 74 heavy (non-hydrogen) atoms. The second-order valence-electron chi connectivity index (χ2n) is 21.1. The molecule has 16 rings (SSSR count). The Morgan fingerprint density at radius 3 is 1.08 bits per heavy atom. The zero-order chi connectivity index (χ0) is 49.1. The molecule has 4 heterocycles. The lowest BCUT2D eigenvalue weighted by molar-refractivity contribution is 0.670. The molecule has 8 bridgehead atoms. The molecule has 0 fully saturated rings. The first-order valence-electron chi connectivity index (χ1n) is 26.0. The summed E-state index contributed by atoms with van der Waals surface area (Å²) < 4.78 is 14.5. The zero-order valence-electron chi connectivity index (χ0n) is 41.5. The van der Waals surface area contributed by atoms with Crippen LogP contribution in [-0.2, 0) is 0 Å². The Balaban J connectivity index is 1.03. The molecular weight excluding hydrogens is 901 g/mol. The molecule has 0 aliphatic carbocycles. The summed E-state index contributed by atoms with van der Waals surface area (Å²) in [5.41, 5.74) is 21.7. The summed E-state index contributed by atoms with van der Waals surface area (Å²) in [4.78, 5) is 4.97. The van der Waals surface area contributed by atoms with E-state index in [1.807, 2.05) is 0 Å². The number of fused-ring (bicyclic) bond motifs is 12. The standard InChI is InChI=1S/C70H48N2O2/c1-39(2)59-37-63(71-43-17-9-15-41(35-43)45-19-5-7-21-47(45)51-23-11-25-53-55-27-13-29-61(71)69(55)73-67(51)53)57-34-32-50-60(40(3)4)38-64(58-33-31-49(59)65(57)66(50)58)72-44-18-10-16-42(36-44)46-20-6-8-22-48(46)52-24-12-26-54-56-28-14-30-62(72)70(56)74-68(52)54/h5-40H,1-4H3. The third kappa shape index (κ3) is 5.63. The number of hydrogen-bond donors (Lipinski definition) is 0. The predicted molar refractivity (Wildman–Crippen MR) is 311 cm³/mol. The van der Waals surface area contributed by atoms with Gasteiger partial charge in [-0.25, -0.2) is 0 Å². The fraction of sp³-hybridized carbons (Fsp3) is 0.0857. The van der Waals surface area contributed by atoms with Gasteiger partial charge >= 0.3 is 0 Å². The van der Waals surface area contributed by atoms with Gasteiger partial charge in [-0.05, 0) is 126 Å². The van der Waals surface area contributed by atoms with E-state index in [2.05, 4.69) is 244 Å². The van der Waals surface area contributed by atoms with Gasteiger partial charge in [0.15, 0.2) is 11.2 Å². The van der Waals surface area contributed by atoms with Crippen LogP contribution >= 0.6 is 0 Å². The van der Waals surface area contributed by atoms with Gasteiger partial charge in [0.2, 0.25) is 0 Å². The Labute approximate surface area is 428 Å². The van der Waals surface area contributed by atoms with Crippen molar-refractivity contribution in [3.63, 3.8) is 0 Å². The van der Waals surface area contributed by atoms with Crippen molar-refractivity contribution in [1.29, 1.82) is 0 Å². The maximum atomic E-state index is 7.24. The molecule has 350 valence electrons. The summed E-state index contributed by atoms with van der Waals surface area (Å²) in [7, 11) is 0. The van der Waals surface area contributed by atoms with E-state index < -0.39 is 0 Å². The van der Waals surface area contributed by atoms with E-state index in [4.69, 9.17) is 8.83 Å². The molecule has 4 heteroatoms. The van der Waals surface area contributed by atoms with Crippen molar-refractivity contribution in [1.82, 2.24) is 0 Å². The second-order valence-corrected chi connectivity index (χ2v) is 21.1. The molecule has 0 saturated heterocycles. The maximum absolute atomic E-state index is 7.24. The molecule has 2 aromatic heterocycles. The van der Waals surface area contributed by atoms with Gasteiger partial charge in [0.1, 0.15) is 11.2 Å². The van der Waals surface area contributed by atoms with E-state index in [1.165, 1.54) is 54.6 Å². The molecule has 2 aliphatic heterocycles. The van der Waals surface area contributed by atoms with Crippen LogP contribution in [0, 0.1) is 0 Å². The first kappa shape index (κ1) is 41.5. The van der Waals surface area contributed by atoms with Crippen LogP contribution in [0.3, 0.4) is 0 Å². The fourth-order valence-corrected chi connectivity index (χ4v) is 13.1. The van der Waals surface area contributed by atoms with Gasteiger partial charge in [-0.1, -0.05) is 185 Å². The average Bonchev–Trinajstić information content (AvgIpc) is 4.03. The molecule has 0 saturated carbocycles. The van der Waals surface area contributed by atoms with Crippen molar-refractivity contribution < 1.29 is 8.83 Å². The fourth-order valence-electron chi connectivity index (χ4n) is 13.1. The summed E-state index contributed by atoms with van der Waals surface area (Å²) >= 11 is 0. The van der Waals surface area contributed by atoms with Gasteiger partial charge < -0.3 is 18.6 Å². The Bertz CT molecular complexity index is 4400. The van der Waals surface area contributed by atoms with E-state index in [9.17, 15) is 0 Å². The lowest BCUT2D eigenvalue weighted by Gasteiger charge is -2.31. The highest BCUT2D eigenvalue weighted by Crippen LogP contribution is 2.55. The van der Waals surface area contributed by atoms with Crippen LogP contribution in [0.2, 0.25) is 0 Å². The lowest BCUT2D eigenvalue weighted by atomic mass is 9.84. The van der Waals surface area contributed by atoms with Gasteiger partial charge in [-0.2, -0.15) is 0 Å². The minimum Gasteiger partial charge on any atom is -0.453 e. The number of para-hydroxylation sites is 4. The van der Waals surface area contributed by atoms with Crippen LogP contribution < -0.4 is 9.80 Å². The first-order chi connectivity index (χ1) is 36.4. The maximum Gasteiger partial charge on any atom is 0.159 e. The minimum atomic E-state index is 0.223. The molecule has 0 N–H and O–H groups in total. The normalized spacial score (nSPS) is 13.1. The Morgan fingerprint density at radius 2 is 0.649 bits per heavy atom. The highest BCUT2D eigenvalue weighted by molar-refractivity contribution is 6.30. The van der Waals surface area contributed by atoms with Crippen molar-refractivity contribution in [2.75, 3.05) is 9.80 Å². The molecule has 4 nitrogen and oxygen atoms in total. The molecule has 0 atom stereocenters. The van der Waals surface area contributed by atoms with Crippen LogP contribution in [0.15, 0.2) is 215 Å². The third-order valence-corrected chi connectivity index (χ3v) is 16.4. The van der Waals surface area contributed by atoms with Gasteiger partial charge in [-0.3, -0.25) is 0 Å². The van der Waals surface area contributed by atoms with Crippen molar-refractivity contribution >= 4 is 110 Å². The van der Waals surface area contributed by atoms with Gasteiger partial charge in [-0.15, -0.1) is 0 Å². The van der Waals surface area contributed by atoms with Gasteiger partial charge in [0, 0.05) is 54.8 Å². The van der Waals surface area contributed by atoms with Crippen molar-refractivity contribution in [2.24, 2.45) is 0 Å². The number of rotatable bonds is 4. The van der Waals surface area contributed by atoms with Gasteiger partial charge in [0.25, 0.3) is 0 Å². The van der Waals surface area contributed by atoms with E-state index in [1.54, 1.807) is 0 Å². The summed E-state index contributed by atoms with van der Waals surface area (Å²) in [6, 6.07) is 76.8. The minimum absolute atomic E-state index is 0.223. The summed E-state index contributed by atoms with van der Waals surface area (Å²) in [5.74, 6) is 0.447. The van der Waals surface area contributed by atoms with E-state index >= 15 is 0 Å². The predicted octanol–water partition coefficient (Wildman–Crippen LogP) is 20.9. The van der Waals surface area contributed by atoms with E-state index in [-0.39, 0.29) is 11.8 Å². The van der Waals surface area contributed by atoms with Gasteiger partial charge in [0.05, 0.1) is 22.7 Å². The highest BCUT2D eigenvalue weighted by atomic mass is 16.3. The quantitative estimate of drug-likeness (QED) is 0.165. The molecule has 0 unspecified atom stereocenters. The summed E-state index contributed by atoms with van der Waals surface area (Å²) in [6.45, 7) is 9.36. The summed E-state index contributed by atoms with van der Waals surface area (Å²) in [6.07, 6.45) is 0. The lowest BCUT2D eigenvalue weighted by Crippen LogP contribution is -2.13. The largest absolute Gasteiger partial charge is 0.453 e. The molecule has 0 spiro atoms. The van der Waals surface area contributed by atoms with Crippen LogP contribution in [0.25, 0.3) is 121 Å². The van der Waals surface area contributed by atoms with E-state index in [0.29, 0.717) is 0 Å². The molecule has 0 radical (unpaired) electrons. The number of hydrogen-bond acceptors (Lipinski definition) is 4. The SMILES string of the molecule is CC(C)c1cc(N2c3cccc(c3)-c3ccccc3-c3cccc4c3oc3c2cccc34)c2ccc3c(C(C)C)cc(N4c5cccc(c5)-c5ccccc5-c5cccc6c5oc5c4cccc56)c4ccc1c2c34. The number of furan rings is 2. The Kier molecular flexibility index (Phi) is 8.53. The van der Waals surface area contributed by atoms with Crippen LogP contribution in [0.4, 0.5) is 34.1 Å². The third-order valence-electron chi connectivity index (χ3n) is 16.4. The molecule has 2 aliphatic rings. The number of nitrogens with zero attached hydrogens (tertiary/aromatic N) is 2. The Hall–Kier alpha value is -9.12. The Morgan fingerprint density at radius 1 is 0.284 bits per heavy atom. The monoisotopic (exact) mass is 948 g/mol. The number of benzene rings is 12. The molecule has 12 aromatic carbocycles. The zero-order valence-corrected chi connectivity index (χ0v) is 41.5. The smallest absolute Gasteiger partial charge is 0.159 e. The van der Waals surface area contributed by atoms with E-state index in [0.717, 1.165) is 111 Å². The first-order valence-corrected chi connectivity index (χ1v) is 26.0. The summed E-state index contributed by atoms with van der Waals surface area (Å²) in [5, 5.41) is 11.9. The van der Waals surface area contributed by atoms with Crippen LogP contribution in [0.1, 0.15) is 50.7 Å². The van der Waals surface area contributed by atoms with Crippen LogP contribution in [0.5, 0.6) is 0 Å². The van der Waals surface area contributed by atoms with Crippen molar-refractivity contribution in [3.8, 4) is 44.5 Å². The highest BCUT2D eigenvalue weighted by Gasteiger charge is 2.30. The molecular formula is C70H48N2O2. The van der Waals surface area contributed by atoms with Crippen molar-refractivity contribution in [2.45, 2.75) is 39.5 Å². The van der Waals surface area contributed by atoms with Crippen molar-refractivity contribution in [3.05, 3.63) is 217 Å². The number of anilines is 6. The molecule has 0 amide bonds. The second kappa shape index (κ2) is 15.2.